The third kappa shape index (κ3) is 5.85. The SMILES string of the molecule is C=CC(=O)OC(CC)OC(=O)c1ccccc1C(=O)OCC(C)O. The molecule has 0 saturated heterocycles. The van der Waals surface area contributed by atoms with Gasteiger partial charge in [-0.25, -0.2) is 14.4 Å². The molecule has 7 nitrogen and oxygen atoms in total. The van der Waals surface area contributed by atoms with Crippen molar-refractivity contribution in [3.8, 4) is 0 Å². The summed E-state index contributed by atoms with van der Waals surface area (Å²) < 4.78 is 14.9. The van der Waals surface area contributed by atoms with E-state index in [2.05, 4.69) is 6.58 Å². The van der Waals surface area contributed by atoms with Crippen molar-refractivity contribution in [2.45, 2.75) is 32.7 Å². The first-order valence-corrected chi connectivity index (χ1v) is 7.37. The Balaban J connectivity index is 2.88. The smallest absolute Gasteiger partial charge is 0.342 e. The number of aliphatic hydroxyl groups excluding tert-OH is 1. The molecule has 0 spiro atoms. The van der Waals surface area contributed by atoms with Crippen LogP contribution in [0.15, 0.2) is 36.9 Å². The fourth-order valence-corrected chi connectivity index (χ4v) is 1.66. The molecule has 1 N–H and O–H groups in total. The minimum atomic E-state index is -1.09. The zero-order valence-electron chi connectivity index (χ0n) is 13.6. The summed E-state index contributed by atoms with van der Waals surface area (Å²) in [7, 11) is 0. The first-order valence-electron chi connectivity index (χ1n) is 7.37. The second kappa shape index (κ2) is 9.46. The monoisotopic (exact) mass is 336 g/mol. The van der Waals surface area contributed by atoms with Crippen LogP contribution in [0.2, 0.25) is 0 Å². The summed E-state index contributed by atoms with van der Waals surface area (Å²) >= 11 is 0. The highest BCUT2D eigenvalue weighted by atomic mass is 16.7. The number of esters is 3. The van der Waals surface area contributed by atoms with Gasteiger partial charge in [0.15, 0.2) is 0 Å². The highest BCUT2D eigenvalue weighted by Gasteiger charge is 2.23. The maximum atomic E-state index is 12.3. The van der Waals surface area contributed by atoms with Crippen LogP contribution in [0.25, 0.3) is 0 Å². The lowest BCUT2D eigenvalue weighted by Crippen LogP contribution is -2.25. The molecule has 0 aromatic heterocycles. The van der Waals surface area contributed by atoms with Gasteiger partial charge in [-0.3, -0.25) is 0 Å². The quantitative estimate of drug-likeness (QED) is 0.439. The van der Waals surface area contributed by atoms with Crippen molar-refractivity contribution in [1.82, 2.24) is 0 Å². The van der Waals surface area contributed by atoms with Crippen molar-refractivity contribution in [1.29, 1.82) is 0 Å². The summed E-state index contributed by atoms with van der Waals surface area (Å²) in [5.41, 5.74) is -0.0331. The number of hydrogen-bond acceptors (Lipinski definition) is 7. The van der Waals surface area contributed by atoms with Crippen LogP contribution in [-0.4, -0.2) is 42.0 Å². The van der Waals surface area contributed by atoms with Crippen molar-refractivity contribution in [2.75, 3.05) is 6.61 Å². The maximum absolute atomic E-state index is 12.3. The van der Waals surface area contributed by atoms with Gasteiger partial charge in [0.2, 0.25) is 6.29 Å². The van der Waals surface area contributed by atoms with Gasteiger partial charge in [-0.2, -0.15) is 0 Å². The molecular weight excluding hydrogens is 316 g/mol. The van der Waals surface area contributed by atoms with E-state index in [-0.39, 0.29) is 24.2 Å². The Morgan fingerprint density at radius 2 is 1.75 bits per heavy atom. The highest BCUT2D eigenvalue weighted by molar-refractivity contribution is 6.03. The van der Waals surface area contributed by atoms with Crippen molar-refractivity contribution in [2.24, 2.45) is 0 Å². The normalized spacial score (nSPS) is 12.6. The van der Waals surface area contributed by atoms with Crippen LogP contribution in [0.1, 0.15) is 41.0 Å². The molecule has 7 heteroatoms. The van der Waals surface area contributed by atoms with E-state index in [1.165, 1.54) is 19.1 Å². The Kier molecular flexibility index (Phi) is 7.64. The predicted octanol–water partition coefficient (Wildman–Crippen LogP) is 1.85. The minimum absolute atomic E-state index is 0.00643. The van der Waals surface area contributed by atoms with Gasteiger partial charge in [0.05, 0.1) is 17.2 Å². The molecule has 1 aromatic carbocycles. The standard InChI is InChI=1S/C17H20O7/c1-4-14(19)23-15(5-2)24-17(21)13-9-7-6-8-12(13)16(20)22-10-11(3)18/h4,6-9,11,15,18H,1,5,10H2,2-3H3. The van der Waals surface area contributed by atoms with E-state index in [1.807, 2.05) is 0 Å². The lowest BCUT2D eigenvalue weighted by Gasteiger charge is -2.16. The molecule has 0 saturated carbocycles. The summed E-state index contributed by atoms with van der Waals surface area (Å²) in [5.74, 6) is -2.32. The number of ether oxygens (including phenoxy) is 3. The van der Waals surface area contributed by atoms with Crippen LogP contribution in [0.5, 0.6) is 0 Å². The Hall–Kier alpha value is -2.67. The molecule has 2 unspecified atom stereocenters. The zero-order valence-corrected chi connectivity index (χ0v) is 13.6. The average Bonchev–Trinajstić information content (AvgIpc) is 2.58. The molecule has 2 atom stereocenters. The van der Waals surface area contributed by atoms with Gasteiger partial charge in [0.25, 0.3) is 0 Å². The molecule has 0 bridgehead atoms. The fourth-order valence-electron chi connectivity index (χ4n) is 1.66. The van der Waals surface area contributed by atoms with Crippen LogP contribution >= 0.6 is 0 Å². The van der Waals surface area contributed by atoms with E-state index < -0.39 is 30.3 Å². The van der Waals surface area contributed by atoms with Crippen molar-refractivity contribution in [3.05, 3.63) is 48.0 Å². The minimum Gasteiger partial charge on any atom is -0.459 e. The molecule has 1 rings (SSSR count). The van der Waals surface area contributed by atoms with Gasteiger partial charge < -0.3 is 19.3 Å². The maximum Gasteiger partial charge on any atom is 0.342 e. The van der Waals surface area contributed by atoms with E-state index in [0.717, 1.165) is 6.08 Å². The number of rotatable bonds is 8. The average molecular weight is 336 g/mol. The molecule has 130 valence electrons. The summed E-state index contributed by atoms with van der Waals surface area (Å²) in [4.78, 5) is 35.5. The van der Waals surface area contributed by atoms with Gasteiger partial charge in [-0.15, -0.1) is 0 Å². The van der Waals surface area contributed by atoms with Gasteiger partial charge in [0.1, 0.15) is 6.61 Å². The van der Waals surface area contributed by atoms with Crippen molar-refractivity contribution >= 4 is 17.9 Å². The van der Waals surface area contributed by atoms with Crippen LogP contribution in [0, 0.1) is 0 Å². The van der Waals surface area contributed by atoms with Gasteiger partial charge in [0, 0.05) is 12.5 Å². The van der Waals surface area contributed by atoms with Gasteiger partial charge >= 0.3 is 17.9 Å². The van der Waals surface area contributed by atoms with Crippen molar-refractivity contribution < 1.29 is 33.7 Å². The summed E-state index contributed by atoms with van der Waals surface area (Å²) in [5, 5.41) is 9.16. The van der Waals surface area contributed by atoms with Crippen LogP contribution in [0.3, 0.4) is 0 Å². The molecule has 0 aliphatic rings. The topological polar surface area (TPSA) is 99.1 Å². The van der Waals surface area contributed by atoms with Crippen LogP contribution < -0.4 is 0 Å². The second-order valence-electron chi connectivity index (χ2n) is 4.88. The molecule has 24 heavy (non-hydrogen) atoms. The van der Waals surface area contributed by atoms with Crippen molar-refractivity contribution in [3.63, 3.8) is 0 Å². The number of hydrogen-bond donors (Lipinski definition) is 1. The lowest BCUT2D eigenvalue weighted by atomic mass is 10.1. The third-order valence-corrected chi connectivity index (χ3v) is 2.81. The van der Waals surface area contributed by atoms with Gasteiger partial charge in [-0.1, -0.05) is 25.6 Å². The third-order valence-electron chi connectivity index (χ3n) is 2.81. The zero-order chi connectivity index (χ0) is 18.1. The molecule has 0 aliphatic heterocycles. The first-order chi connectivity index (χ1) is 11.4. The fraction of sp³-hybridized carbons (Fsp3) is 0.353. The Labute approximate surface area is 139 Å². The van der Waals surface area contributed by atoms with Gasteiger partial charge in [-0.05, 0) is 19.1 Å². The van der Waals surface area contributed by atoms with E-state index >= 15 is 0 Å². The van der Waals surface area contributed by atoms with Crippen LogP contribution in [0.4, 0.5) is 0 Å². The largest absolute Gasteiger partial charge is 0.459 e. The lowest BCUT2D eigenvalue weighted by molar-refractivity contribution is -0.162. The molecule has 0 fully saturated rings. The molecule has 0 aliphatic carbocycles. The van der Waals surface area contributed by atoms with E-state index in [0.29, 0.717) is 0 Å². The van der Waals surface area contributed by atoms with E-state index in [4.69, 9.17) is 19.3 Å². The molecule has 1 aromatic rings. The number of benzene rings is 1. The number of aliphatic hydroxyl groups is 1. The summed E-state index contributed by atoms with van der Waals surface area (Å²) in [6, 6.07) is 5.91. The molecule has 0 heterocycles. The number of carbonyl (C=O) groups is 3. The first kappa shape index (κ1) is 19.4. The summed E-state index contributed by atoms with van der Waals surface area (Å²) in [6.07, 6.45) is -0.724. The molecule has 0 amide bonds. The Morgan fingerprint density at radius 1 is 1.17 bits per heavy atom. The number of carbonyl (C=O) groups excluding carboxylic acids is 3. The molecule has 0 radical (unpaired) electrons. The van der Waals surface area contributed by atoms with Crippen LogP contribution in [-0.2, 0) is 19.0 Å². The Morgan fingerprint density at radius 3 is 2.25 bits per heavy atom. The summed E-state index contributed by atoms with van der Waals surface area (Å²) in [6.45, 7) is 6.19. The second-order valence-corrected chi connectivity index (χ2v) is 4.88. The molecular formula is C17H20O7. The van der Waals surface area contributed by atoms with E-state index in [1.54, 1.807) is 19.1 Å². The predicted molar refractivity (Wildman–Crippen MR) is 84.2 cm³/mol. The van der Waals surface area contributed by atoms with E-state index in [9.17, 15) is 14.4 Å². The highest BCUT2D eigenvalue weighted by Crippen LogP contribution is 2.14. The Bertz CT molecular complexity index is 607.